The van der Waals surface area contributed by atoms with Crippen molar-refractivity contribution in [2.75, 3.05) is 31.5 Å². The Labute approximate surface area is 145 Å². The van der Waals surface area contributed by atoms with Gasteiger partial charge in [0.25, 0.3) is 0 Å². The molecule has 0 radical (unpaired) electrons. The first kappa shape index (κ1) is 18.5. The van der Waals surface area contributed by atoms with Gasteiger partial charge in [-0.3, -0.25) is 14.5 Å². The van der Waals surface area contributed by atoms with Crippen LogP contribution >= 0.6 is 0 Å². The molecule has 1 saturated heterocycles. The minimum absolute atomic E-state index is 0.0158. The fourth-order valence-corrected chi connectivity index (χ4v) is 3.09. The second-order valence-electron chi connectivity index (χ2n) is 6.60. The van der Waals surface area contributed by atoms with Crippen molar-refractivity contribution in [2.24, 2.45) is 0 Å². The van der Waals surface area contributed by atoms with Crippen LogP contribution < -0.4 is 5.32 Å². The minimum Gasteiger partial charge on any atom is -0.340 e. The lowest BCUT2D eigenvalue weighted by Gasteiger charge is -2.37. The van der Waals surface area contributed by atoms with Crippen LogP contribution in [0.4, 0.5) is 5.69 Å². The summed E-state index contributed by atoms with van der Waals surface area (Å²) in [6, 6.07) is 7.82. The highest BCUT2D eigenvalue weighted by Gasteiger charge is 2.26. The van der Waals surface area contributed by atoms with Gasteiger partial charge < -0.3 is 10.2 Å². The van der Waals surface area contributed by atoms with Crippen LogP contribution in [0.15, 0.2) is 24.3 Å². The third kappa shape index (κ3) is 4.35. The molecule has 1 N–H and O–H groups in total. The largest absolute Gasteiger partial charge is 0.340 e. The maximum atomic E-state index is 12.7. The average Bonchev–Trinajstić information content (AvgIpc) is 2.60. The molecule has 0 unspecified atom stereocenters. The summed E-state index contributed by atoms with van der Waals surface area (Å²) in [7, 11) is 0. The van der Waals surface area contributed by atoms with E-state index in [0.717, 1.165) is 25.2 Å². The van der Waals surface area contributed by atoms with Gasteiger partial charge in [-0.15, -0.1) is 0 Å². The number of piperazine rings is 1. The van der Waals surface area contributed by atoms with Crippen molar-refractivity contribution in [3.05, 3.63) is 29.8 Å². The Morgan fingerprint density at radius 2 is 1.75 bits per heavy atom. The highest BCUT2D eigenvalue weighted by Crippen LogP contribution is 2.26. The lowest BCUT2D eigenvalue weighted by atomic mass is 9.97. The number of carbonyl (C=O) groups is 2. The van der Waals surface area contributed by atoms with E-state index in [1.807, 2.05) is 30.0 Å². The Balaban J connectivity index is 1.99. The second kappa shape index (κ2) is 8.29. The molecule has 0 bridgehead atoms. The molecular weight excluding hydrogens is 302 g/mol. The molecule has 132 valence electrons. The fourth-order valence-electron chi connectivity index (χ4n) is 3.09. The maximum absolute atomic E-state index is 12.7. The molecule has 1 aromatic carbocycles. The monoisotopic (exact) mass is 331 g/mol. The molecule has 0 saturated carbocycles. The minimum atomic E-state index is -0.205. The van der Waals surface area contributed by atoms with Gasteiger partial charge in [0.1, 0.15) is 0 Å². The van der Waals surface area contributed by atoms with Gasteiger partial charge in [0, 0.05) is 38.8 Å². The number of rotatable bonds is 5. The molecule has 5 nitrogen and oxygen atoms in total. The Morgan fingerprint density at radius 1 is 1.12 bits per heavy atom. The van der Waals surface area contributed by atoms with Gasteiger partial charge in [-0.2, -0.15) is 0 Å². The molecule has 0 spiro atoms. The van der Waals surface area contributed by atoms with Crippen LogP contribution in [0.1, 0.15) is 45.6 Å². The van der Waals surface area contributed by atoms with Crippen molar-refractivity contribution in [3.63, 3.8) is 0 Å². The zero-order valence-corrected chi connectivity index (χ0v) is 15.2. The second-order valence-corrected chi connectivity index (χ2v) is 6.60. The predicted molar refractivity (Wildman–Crippen MR) is 97.1 cm³/mol. The number of benzene rings is 1. The molecule has 1 aliphatic heterocycles. The van der Waals surface area contributed by atoms with Crippen LogP contribution in [0.2, 0.25) is 0 Å². The maximum Gasteiger partial charge on any atom is 0.241 e. The van der Waals surface area contributed by atoms with Crippen molar-refractivity contribution >= 4 is 17.5 Å². The van der Waals surface area contributed by atoms with E-state index < -0.39 is 0 Å². The van der Waals surface area contributed by atoms with Gasteiger partial charge in [0.2, 0.25) is 11.8 Å². The first-order valence-electron chi connectivity index (χ1n) is 8.83. The van der Waals surface area contributed by atoms with Crippen LogP contribution in [0, 0.1) is 0 Å². The summed E-state index contributed by atoms with van der Waals surface area (Å²) in [6.45, 7) is 10.7. The number of carbonyl (C=O) groups excluding carboxylic acids is 2. The summed E-state index contributed by atoms with van der Waals surface area (Å²) < 4.78 is 0. The number of nitrogens with one attached hydrogen (secondary N) is 1. The number of nitrogens with zero attached hydrogens (tertiary/aromatic N) is 2. The quantitative estimate of drug-likeness (QED) is 0.902. The zero-order chi connectivity index (χ0) is 17.7. The molecule has 1 heterocycles. The highest BCUT2D eigenvalue weighted by atomic mass is 16.2. The van der Waals surface area contributed by atoms with Crippen molar-refractivity contribution in [1.29, 1.82) is 0 Å². The van der Waals surface area contributed by atoms with E-state index in [9.17, 15) is 9.59 Å². The first-order valence-corrected chi connectivity index (χ1v) is 8.83. The summed E-state index contributed by atoms with van der Waals surface area (Å²) in [6.07, 6.45) is 1.04. The van der Waals surface area contributed by atoms with Gasteiger partial charge in [-0.05, 0) is 30.9 Å². The predicted octanol–water partition coefficient (Wildman–Crippen LogP) is 2.69. The summed E-state index contributed by atoms with van der Waals surface area (Å²) in [4.78, 5) is 28.0. The Hall–Kier alpha value is -1.88. The van der Waals surface area contributed by atoms with Crippen LogP contribution in [0.5, 0.6) is 0 Å². The molecule has 1 fully saturated rings. The van der Waals surface area contributed by atoms with E-state index in [0.29, 0.717) is 19.0 Å². The zero-order valence-electron chi connectivity index (χ0n) is 15.2. The van der Waals surface area contributed by atoms with Gasteiger partial charge in [0.15, 0.2) is 0 Å². The summed E-state index contributed by atoms with van der Waals surface area (Å²) >= 11 is 0. The molecule has 1 aliphatic rings. The normalized spacial score (nSPS) is 18.1. The molecule has 5 heteroatoms. The number of anilines is 1. The van der Waals surface area contributed by atoms with Crippen LogP contribution in [0.3, 0.4) is 0 Å². The SMILES string of the molecule is CC[C@@H](C)c1ccccc1NC(=O)[C@@H](C)N1CCN(C(C)=O)CC1. The van der Waals surface area contributed by atoms with Crippen LogP contribution in [-0.4, -0.2) is 53.8 Å². The summed E-state index contributed by atoms with van der Waals surface area (Å²) in [5.74, 6) is 0.534. The Bertz CT molecular complexity index is 580. The molecule has 2 rings (SSSR count). The van der Waals surface area contributed by atoms with Crippen molar-refractivity contribution < 1.29 is 9.59 Å². The number of para-hydroxylation sites is 1. The summed E-state index contributed by atoms with van der Waals surface area (Å²) in [5, 5.41) is 3.10. The van der Waals surface area contributed by atoms with Crippen molar-refractivity contribution in [3.8, 4) is 0 Å². The standard InChI is InChI=1S/C19H29N3O2/c1-5-14(2)17-8-6-7-9-18(17)20-19(24)15(3)21-10-12-22(13-11-21)16(4)23/h6-9,14-15H,5,10-13H2,1-4H3,(H,20,24)/t14-,15-/m1/s1. The molecule has 2 amide bonds. The van der Waals surface area contributed by atoms with Gasteiger partial charge in [0.05, 0.1) is 6.04 Å². The topological polar surface area (TPSA) is 52.7 Å². The van der Waals surface area contributed by atoms with Gasteiger partial charge >= 0.3 is 0 Å². The Morgan fingerprint density at radius 3 is 2.33 bits per heavy atom. The number of hydrogen-bond donors (Lipinski definition) is 1. The molecular formula is C19H29N3O2. The van der Waals surface area contributed by atoms with E-state index in [1.165, 1.54) is 5.56 Å². The van der Waals surface area contributed by atoms with Gasteiger partial charge in [-0.1, -0.05) is 32.0 Å². The Kier molecular flexibility index (Phi) is 6.37. The molecule has 24 heavy (non-hydrogen) atoms. The number of amides is 2. The average molecular weight is 331 g/mol. The fraction of sp³-hybridized carbons (Fsp3) is 0.579. The van der Waals surface area contributed by atoms with Crippen molar-refractivity contribution in [2.45, 2.75) is 46.1 Å². The molecule has 1 aromatic rings. The van der Waals surface area contributed by atoms with Crippen LogP contribution in [0.25, 0.3) is 0 Å². The smallest absolute Gasteiger partial charge is 0.241 e. The van der Waals surface area contributed by atoms with Crippen molar-refractivity contribution in [1.82, 2.24) is 9.80 Å². The lowest BCUT2D eigenvalue weighted by molar-refractivity contribution is -0.131. The van der Waals surface area contributed by atoms with E-state index in [-0.39, 0.29) is 17.9 Å². The van der Waals surface area contributed by atoms with E-state index >= 15 is 0 Å². The van der Waals surface area contributed by atoms with E-state index in [1.54, 1.807) is 6.92 Å². The third-order valence-electron chi connectivity index (χ3n) is 5.05. The van der Waals surface area contributed by atoms with Gasteiger partial charge in [-0.25, -0.2) is 0 Å². The van der Waals surface area contributed by atoms with E-state index in [4.69, 9.17) is 0 Å². The summed E-state index contributed by atoms with van der Waals surface area (Å²) in [5.41, 5.74) is 2.09. The van der Waals surface area contributed by atoms with Crippen LogP contribution in [-0.2, 0) is 9.59 Å². The molecule has 2 atom stereocenters. The van der Waals surface area contributed by atoms with E-state index in [2.05, 4.69) is 30.1 Å². The number of hydrogen-bond acceptors (Lipinski definition) is 3. The lowest BCUT2D eigenvalue weighted by Crippen LogP contribution is -2.53. The highest BCUT2D eigenvalue weighted by molar-refractivity contribution is 5.95. The molecule has 0 aromatic heterocycles. The molecule has 0 aliphatic carbocycles. The first-order chi connectivity index (χ1) is 11.4. The third-order valence-corrected chi connectivity index (χ3v) is 5.05.